The number of nitrogens with zero attached hydrogens (tertiary/aromatic N) is 1. The highest BCUT2D eigenvalue weighted by molar-refractivity contribution is 9.10. The van der Waals surface area contributed by atoms with Crippen LogP contribution in [-0.4, -0.2) is 23.1 Å². The number of benzene rings is 1. The Kier molecular flexibility index (Phi) is 3.89. The Balaban J connectivity index is 1.72. The van der Waals surface area contributed by atoms with Crippen molar-refractivity contribution in [3.8, 4) is 0 Å². The number of aromatic nitrogens is 2. The molecule has 3 rings (SSSR count). The molecule has 1 aromatic heterocycles. The van der Waals surface area contributed by atoms with Gasteiger partial charge >= 0.3 is 0 Å². The predicted octanol–water partition coefficient (Wildman–Crippen LogP) is 3.57. The van der Waals surface area contributed by atoms with Gasteiger partial charge in [-0.3, -0.25) is 0 Å². The van der Waals surface area contributed by atoms with E-state index in [4.69, 9.17) is 4.98 Å². The van der Waals surface area contributed by atoms with Crippen LogP contribution in [0.2, 0.25) is 0 Å². The van der Waals surface area contributed by atoms with Crippen LogP contribution in [0, 0.1) is 12.8 Å². The van der Waals surface area contributed by atoms with Crippen LogP contribution in [0.3, 0.4) is 0 Å². The van der Waals surface area contributed by atoms with Crippen molar-refractivity contribution < 1.29 is 0 Å². The first-order valence-electron chi connectivity index (χ1n) is 7.08. The van der Waals surface area contributed by atoms with Gasteiger partial charge < -0.3 is 10.3 Å². The summed E-state index contributed by atoms with van der Waals surface area (Å²) in [5.74, 6) is 1.94. The van der Waals surface area contributed by atoms with E-state index in [-0.39, 0.29) is 0 Å². The van der Waals surface area contributed by atoms with Crippen molar-refractivity contribution in [3.63, 3.8) is 0 Å². The molecule has 0 spiro atoms. The Morgan fingerprint density at radius 2 is 2.32 bits per heavy atom. The smallest absolute Gasteiger partial charge is 0.107 e. The van der Waals surface area contributed by atoms with E-state index in [9.17, 15) is 0 Å². The van der Waals surface area contributed by atoms with Crippen LogP contribution < -0.4 is 5.32 Å². The number of fused-ring (bicyclic) bond motifs is 1. The van der Waals surface area contributed by atoms with Gasteiger partial charge in [0.25, 0.3) is 0 Å². The predicted molar refractivity (Wildman–Crippen MR) is 82.4 cm³/mol. The lowest BCUT2D eigenvalue weighted by Crippen LogP contribution is -2.29. The van der Waals surface area contributed by atoms with Crippen molar-refractivity contribution in [1.82, 2.24) is 15.3 Å². The number of piperidine rings is 1. The summed E-state index contributed by atoms with van der Waals surface area (Å²) >= 11 is 3.54. The fourth-order valence-corrected chi connectivity index (χ4v) is 3.50. The fourth-order valence-electron chi connectivity index (χ4n) is 2.93. The van der Waals surface area contributed by atoms with Gasteiger partial charge in [0.2, 0.25) is 0 Å². The number of aryl methyl sites for hydroxylation is 2. The van der Waals surface area contributed by atoms with Gasteiger partial charge in [-0.1, -0.05) is 15.9 Å². The van der Waals surface area contributed by atoms with E-state index < -0.39 is 0 Å². The molecule has 3 nitrogen and oxygen atoms in total. The van der Waals surface area contributed by atoms with Gasteiger partial charge in [0, 0.05) is 10.9 Å². The third-order valence-electron chi connectivity index (χ3n) is 3.98. The van der Waals surface area contributed by atoms with Crippen LogP contribution in [0.4, 0.5) is 0 Å². The first-order valence-corrected chi connectivity index (χ1v) is 7.87. The molecule has 1 fully saturated rings. The van der Waals surface area contributed by atoms with E-state index in [1.54, 1.807) is 0 Å². The third kappa shape index (κ3) is 3.00. The van der Waals surface area contributed by atoms with Gasteiger partial charge in [-0.25, -0.2) is 4.98 Å². The van der Waals surface area contributed by atoms with Crippen molar-refractivity contribution in [2.75, 3.05) is 13.1 Å². The molecular formula is C15H20BrN3. The minimum absolute atomic E-state index is 0.815. The molecule has 2 N–H and O–H groups in total. The van der Waals surface area contributed by atoms with Crippen LogP contribution in [0.15, 0.2) is 16.6 Å². The molecule has 1 unspecified atom stereocenters. The summed E-state index contributed by atoms with van der Waals surface area (Å²) in [6.07, 6.45) is 4.96. The highest BCUT2D eigenvalue weighted by Gasteiger charge is 2.14. The zero-order valence-electron chi connectivity index (χ0n) is 11.3. The second kappa shape index (κ2) is 5.63. The molecule has 0 radical (unpaired) electrons. The Labute approximate surface area is 122 Å². The molecule has 1 aromatic carbocycles. The SMILES string of the molecule is Cc1cc(Br)cc2[nH]c(CCC3CCCNC3)nc12. The van der Waals surface area contributed by atoms with E-state index >= 15 is 0 Å². The summed E-state index contributed by atoms with van der Waals surface area (Å²) in [4.78, 5) is 8.20. The summed E-state index contributed by atoms with van der Waals surface area (Å²) in [6, 6.07) is 4.24. The van der Waals surface area contributed by atoms with Crippen LogP contribution in [0.25, 0.3) is 11.0 Å². The number of rotatable bonds is 3. The maximum atomic E-state index is 4.74. The van der Waals surface area contributed by atoms with E-state index in [0.717, 1.165) is 33.7 Å². The maximum Gasteiger partial charge on any atom is 0.107 e. The monoisotopic (exact) mass is 321 g/mol. The molecule has 1 aliphatic heterocycles. The summed E-state index contributed by atoms with van der Waals surface area (Å²) in [6.45, 7) is 4.47. The van der Waals surface area contributed by atoms with Crippen LogP contribution >= 0.6 is 15.9 Å². The first-order chi connectivity index (χ1) is 9.22. The molecule has 2 heterocycles. The summed E-state index contributed by atoms with van der Waals surface area (Å²) < 4.78 is 1.11. The van der Waals surface area contributed by atoms with E-state index in [1.165, 1.54) is 37.9 Å². The number of halogens is 1. The van der Waals surface area contributed by atoms with E-state index in [1.807, 2.05) is 0 Å². The molecule has 19 heavy (non-hydrogen) atoms. The largest absolute Gasteiger partial charge is 0.342 e. The Bertz CT molecular complexity index is 570. The van der Waals surface area contributed by atoms with Crippen LogP contribution in [0.1, 0.15) is 30.7 Å². The lowest BCUT2D eigenvalue weighted by Gasteiger charge is -2.22. The molecule has 102 valence electrons. The average Bonchev–Trinajstić information content (AvgIpc) is 2.81. The van der Waals surface area contributed by atoms with E-state index in [2.05, 4.69) is 45.3 Å². The lowest BCUT2D eigenvalue weighted by molar-refractivity contribution is 0.356. The number of nitrogens with one attached hydrogen (secondary N) is 2. The molecule has 4 heteroatoms. The number of imidazole rings is 1. The summed E-state index contributed by atoms with van der Waals surface area (Å²) in [5.41, 5.74) is 3.48. The molecule has 0 amide bonds. The van der Waals surface area contributed by atoms with Gasteiger partial charge in [0.15, 0.2) is 0 Å². The number of hydrogen-bond donors (Lipinski definition) is 2. The van der Waals surface area contributed by atoms with Gasteiger partial charge in [0.1, 0.15) is 5.82 Å². The molecule has 0 bridgehead atoms. The second-order valence-corrected chi connectivity index (χ2v) is 6.47. The Morgan fingerprint density at radius 1 is 1.42 bits per heavy atom. The minimum atomic E-state index is 0.815. The van der Waals surface area contributed by atoms with Crippen LogP contribution in [0.5, 0.6) is 0 Å². The Hall–Kier alpha value is -0.870. The number of aromatic amines is 1. The molecule has 1 saturated heterocycles. The van der Waals surface area contributed by atoms with Crippen molar-refractivity contribution in [3.05, 3.63) is 28.0 Å². The fraction of sp³-hybridized carbons (Fsp3) is 0.533. The second-order valence-electron chi connectivity index (χ2n) is 5.55. The van der Waals surface area contributed by atoms with Gasteiger partial charge in [0.05, 0.1) is 11.0 Å². The summed E-state index contributed by atoms with van der Waals surface area (Å²) in [7, 11) is 0. The van der Waals surface area contributed by atoms with Crippen molar-refractivity contribution in [1.29, 1.82) is 0 Å². The normalized spacial score (nSPS) is 20.0. The highest BCUT2D eigenvalue weighted by atomic mass is 79.9. The van der Waals surface area contributed by atoms with Gasteiger partial charge in [-0.15, -0.1) is 0 Å². The molecule has 2 aromatic rings. The quantitative estimate of drug-likeness (QED) is 0.907. The Morgan fingerprint density at radius 3 is 3.11 bits per heavy atom. The lowest BCUT2D eigenvalue weighted by atomic mass is 9.95. The van der Waals surface area contributed by atoms with Crippen molar-refractivity contribution >= 4 is 27.0 Å². The maximum absolute atomic E-state index is 4.74. The average molecular weight is 322 g/mol. The minimum Gasteiger partial charge on any atom is -0.342 e. The van der Waals surface area contributed by atoms with Crippen molar-refractivity contribution in [2.45, 2.75) is 32.6 Å². The van der Waals surface area contributed by atoms with Crippen molar-refractivity contribution in [2.24, 2.45) is 5.92 Å². The number of H-pyrrole nitrogens is 1. The topological polar surface area (TPSA) is 40.7 Å². The molecule has 0 saturated carbocycles. The van der Waals surface area contributed by atoms with Gasteiger partial charge in [-0.2, -0.15) is 0 Å². The molecule has 1 aliphatic rings. The highest BCUT2D eigenvalue weighted by Crippen LogP contribution is 2.23. The molecule has 0 aliphatic carbocycles. The zero-order valence-corrected chi connectivity index (χ0v) is 12.9. The molecule has 1 atom stereocenters. The number of hydrogen-bond acceptors (Lipinski definition) is 2. The summed E-state index contributed by atoms with van der Waals surface area (Å²) in [5, 5.41) is 3.48. The third-order valence-corrected chi connectivity index (χ3v) is 4.44. The van der Waals surface area contributed by atoms with Crippen LogP contribution in [-0.2, 0) is 6.42 Å². The standard InChI is InChI=1S/C15H20BrN3/c1-10-7-12(16)8-13-15(10)19-14(18-13)5-4-11-3-2-6-17-9-11/h7-8,11,17H,2-6,9H2,1H3,(H,18,19). The first kappa shape index (κ1) is 13.1. The zero-order chi connectivity index (χ0) is 13.2. The van der Waals surface area contributed by atoms with Gasteiger partial charge in [-0.05, 0) is 62.9 Å². The van der Waals surface area contributed by atoms with E-state index in [0.29, 0.717) is 0 Å². The molecular weight excluding hydrogens is 302 g/mol.